The molecule has 3 rings (SSSR count). The van der Waals surface area contributed by atoms with Crippen LogP contribution in [-0.4, -0.2) is 31.0 Å². The second-order valence-electron chi connectivity index (χ2n) is 6.32. The van der Waals surface area contributed by atoms with Gasteiger partial charge < -0.3 is 11.1 Å². The number of hydrogen-bond donors (Lipinski definition) is 2. The number of aliphatic imine (C=N–C) groups is 1. The quantitative estimate of drug-likeness (QED) is 0.377. The number of rotatable bonds is 4. The molecule has 1 aliphatic rings. The molecule has 1 aromatic heterocycles. The summed E-state index contributed by atoms with van der Waals surface area (Å²) in [5.74, 6) is -0.644. The lowest BCUT2D eigenvalue weighted by molar-refractivity contribution is 0.128. The summed E-state index contributed by atoms with van der Waals surface area (Å²) in [6.45, 7) is 1.60. The van der Waals surface area contributed by atoms with Crippen molar-refractivity contribution in [3.05, 3.63) is 52.2 Å². The highest BCUT2D eigenvalue weighted by Gasteiger charge is 2.30. The van der Waals surface area contributed by atoms with Gasteiger partial charge >= 0.3 is 0 Å². The number of nitrogens with zero attached hydrogens (tertiary/aromatic N) is 2. The maximum atomic E-state index is 13.7. The van der Waals surface area contributed by atoms with E-state index in [0.717, 1.165) is 37.6 Å². The molecule has 0 amide bonds. The van der Waals surface area contributed by atoms with E-state index in [1.54, 1.807) is 11.3 Å². The second kappa shape index (κ2) is 9.61. The lowest BCUT2D eigenvalue weighted by atomic mass is 9.88. The minimum absolute atomic E-state index is 0. The van der Waals surface area contributed by atoms with Gasteiger partial charge in [0.15, 0.2) is 5.96 Å². The molecule has 0 spiro atoms. The zero-order valence-electron chi connectivity index (χ0n) is 14.5. The minimum atomic E-state index is -0.562. The van der Waals surface area contributed by atoms with Crippen LogP contribution in [0.5, 0.6) is 0 Å². The van der Waals surface area contributed by atoms with Gasteiger partial charge in [0.2, 0.25) is 0 Å². The monoisotopic (exact) mass is 492 g/mol. The van der Waals surface area contributed by atoms with E-state index in [2.05, 4.69) is 39.8 Å². The Labute approximate surface area is 173 Å². The summed E-state index contributed by atoms with van der Waals surface area (Å²) in [6.07, 6.45) is 2.18. The average Bonchev–Trinajstić information content (AvgIpc) is 3.10. The molecule has 142 valence electrons. The summed E-state index contributed by atoms with van der Waals surface area (Å²) >= 11 is 1.75. The van der Waals surface area contributed by atoms with E-state index in [9.17, 15) is 8.78 Å². The predicted octanol–water partition coefficient (Wildman–Crippen LogP) is 4.45. The first-order chi connectivity index (χ1) is 12.0. The van der Waals surface area contributed by atoms with E-state index in [1.165, 1.54) is 4.88 Å². The predicted molar refractivity (Wildman–Crippen MR) is 114 cm³/mol. The van der Waals surface area contributed by atoms with Crippen LogP contribution in [0.4, 0.5) is 14.5 Å². The zero-order chi connectivity index (χ0) is 17.8. The lowest BCUT2D eigenvalue weighted by Crippen LogP contribution is -2.37. The van der Waals surface area contributed by atoms with Gasteiger partial charge in [0.05, 0.1) is 5.69 Å². The van der Waals surface area contributed by atoms with E-state index in [1.807, 2.05) is 0 Å². The molecular formula is C18H23F2IN4S. The van der Waals surface area contributed by atoms with Crippen LogP contribution in [0.2, 0.25) is 0 Å². The van der Waals surface area contributed by atoms with Crippen LogP contribution in [0.3, 0.4) is 0 Å². The molecule has 8 heteroatoms. The van der Waals surface area contributed by atoms with Crippen molar-refractivity contribution in [1.29, 1.82) is 0 Å². The Morgan fingerprint density at radius 1 is 1.38 bits per heavy atom. The Morgan fingerprint density at radius 3 is 2.92 bits per heavy atom. The molecule has 0 radical (unpaired) electrons. The van der Waals surface area contributed by atoms with Gasteiger partial charge in [-0.3, -0.25) is 9.89 Å². The number of piperidine rings is 1. The Bertz CT molecular complexity index is 739. The molecule has 1 aliphatic heterocycles. The Morgan fingerprint density at radius 2 is 2.19 bits per heavy atom. The maximum Gasteiger partial charge on any atom is 0.193 e. The fourth-order valence-corrected chi connectivity index (χ4v) is 4.33. The standard InChI is InChI=1S/C18H22F2N4S.HI/c1-24-8-2-4-12(17(24)16-5-3-9-25-16)11-22-18(21)23-15-10-13(19)6-7-14(15)20;/h3,5-7,9-10,12,17H,2,4,8,11H2,1H3,(H3,21,22,23);1H. The fraction of sp³-hybridized carbons (Fsp3) is 0.389. The van der Waals surface area contributed by atoms with Gasteiger partial charge in [-0.15, -0.1) is 35.3 Å². The molecule has 2 heterocycles. The van der Waals surface area contributed by atoms with Gasteiger partial charge in [-0.1, -0.05) is 6.07 Å². The molecule has 2 unspecified atom stereocenters. The highest BCUT2D eigenvalue weighted by atomic mass is 127. The number of thiophene rings is 1. The summed E-state index contributed by atoms with van der Waals surface area (Å²) in [4.78, 5) is 8.06. The zero-order valence-corrected chi connectivity index (χ0v) is 17.6. The Kier molecular flexibility index (Phi) is 7.78. The van der Waals surface area contributed by atoms with Crippen molar-refractivity contribution in [2.24, 2.45) is 16.6 Å². The Balaban J connectivity index is 0.00000243. The van der Waals surface area contributed by atoms with Crippen molar-refractivity contribution < 1.29 is 8.78 Å². The van der Waals surface area contributed by atoms with Crippen molar-refractivity contribution >= 4 is 47.0 Å². The molecule has 0 bridgehead atoms. The third-order valence-corrected chi connectivity index (χ3v) is 5.47. The molecule has 4 nitrogen and oxygen atoms in total. The molecule has 0 aliphatic carbocycles. The fourth-order valence-electron chi connectivity index (χ4n) is 3.35. The number of nitrogens with one attached hydrogen (secondary N) is 1. The number of anilines is 1. The molecule has 1 saturated heterocycles. The summed E-state index contributed by atoms with van der Waals surface area (Å²) in [5, 5.41) is 4.74. The summed E-state index contributed by atoms with van der Waals surface area (Å²) in [7, 11) is 2.13. The number of benzene rings is 1. The molecule has 2 aromatic rings. The molecule has 0 saturated carbocycles. The molecule has 1 fully saturated rings. The molecule has 3 N–H and O–H groups in total. The highest BCUT2D eigenvalue weighted by Crippen LogP contribution is 2.37. The van der Waals surface area contributed by atoms with E-state index < -0.39 is 11.6 Å². The largest absolute Gasteiger partial charge is 0.370 e. The van der Waals surface area contributed by atoms with Crippen molar-refractivity contribution in [3.8, 4) is 0 Å². The van der Waals surface area contributed by atoms with Crippen molar-refractivity contribution in [2.45, 2.75) is 18.9 Å². The van der Waals surface area contributed by atoms with E-state index in [4.69, 9.17) is 5.73 Å². The van der Waals surface area contributed by atoms with Crippen LogP contribution in [-0.2, 0) is 0 Å². The first kappa shape index (κ1) is 21.0. The summed E-state index contributed by atoms with van der Waals surface area (Å²) < 4.78 is 26.9. The van der Waals surface area contributed by atoms with Gasteiger partial charge in [-0.2, -0.15) is 0 Å². The Hall–Kier alpha value is -1.26. The van der Waals surface area contributed by atoms with Gasteiger partial charge in [0.25, 0.3) is 0 Å². The molecule has 1 aromatic carbocycles. The third kappa shape index (κ3) is 5.14. The summed E-state index contributed by atoms with van der Waals surface area (Å²) in [6, 6.07) is 7.73. The third-order valence-electron chi connectivity index (χ3n) is 4.53. The lowest BCUT2D eigenvalue weighted by Gasteiger charge is -2.38. The van der Waals surface area contributed by atoms with Crippen molar-refractivity contribution in [3.63, 3.8) is 0 Å². The topological polar surface area (TPSA) is 53.6 Å². The van der Waals surface area contributed by atoms with Crippen LogP contribution in [0.15, 0.2) is 40.7 Å². The van der Waals surface area contributed by atoms with Gasteiger partial charge in [-0.25, -0.2) is 8.78 Å². The van der Waals surface area contributed by atoms with Gasteiger partial charge in [0, 0.05) is 23.5 Å². The number of nitrogens with two attached hydrogens (primary N) is 1. The van der Waals surface area contributed by atoms with Crippen LogP contribution >= 0.6 is 35.3 Å². The summed E-state index contributed by atoms with van der Waals surface area (Å²) in [5.41, 5.74) is 5.88. The SMILES string of the molecule is CN1CCCC(CN=C(N)Nc2cc(F)ccc2F)C1c1cccs1.I. The highest BCUT2D eigenvalue weighted by molar-refractivity contribution is 14.0. The number of hydrogen-bond acceptors (Lipinski definition) is 3. The van der Waals surface area contributed by atoms with Crippen LogP contribution in [0, 0.1) is 17.6 Å². The van der Waals surface area contributed by atoms with E-state index in [-0.39, 0.29) is 35.6 Å². The smallest absolute Gasteiger partial charge is 0.193 e. The maximum absolute atomic E-state index is 13.7. The first-order valence-corrected chi connectivity index (χ1v) is 9.18. The molecule has 26 heavy (non-hydrogen) atoms. The minimum Gasteiger partial charge on any atom is -0.370 e. The van der Waals surface area contributed by atoms with E-state index in [0.29, 0.717) is 18.5 Å². The number of likely N-dealkylation sites (tertiary alicyclic amines) is 1. The molecule has 2 atom stereocenters. The van der Waals surface area contributed by atoms with Crippen LogP contribution in [0.1, 0.15) is 23.8 Å². The van der Waals surface area contributed by atoms with Crippen LogP contribution in [0.25, 0.3) is 0 Å². The average molecular weight is 492 g/mol. The van der Waals surface area contributed by atoms with Gasteiger partial charge in [0.1, 0.15) is 11.6 Å². The number of guanidine groups is 1. The van der Waals surface area contributed by atoms with E-state index >= 15 is 0 Å². The first-order valence-electron chi connectivity index (χ1n) is 8.30. The second-order valence-corrected chi connectivity index (χ2v) is 7.30. The normalized spacial score (nSPS) is 21.3. The van der Waals surface area contributed by atoms with Crippen LogP contribution < -0.4 is 11.1 Å². The van der Waals surface area contributed by atoms with Crippen molar-refractivity contribution in [2.75, 3.05) is 25.5 Å². The molecular weight excluding hydrogens is 469 g/mol. The van der Waals surface area contributed by atoms with Crippen molar-refractivity contribution in [1.82, 2.24) is 4.90 Å². The van der Waals surface area contributed by atoms with Gasteiger partial charge in [-0.05, 0) is 55.9 Å². The number of halogens is 3.